The molecule has 6 atom stereocenters. The number of benzene rings is 1. The molecule has 0 radical (unpaired) electrons. The third-order valence-corrected chi connectivity index (χ3v) is 4.41. The van der Waals surface area contributed by atoms with Gasteiger partial charge in [-0.1, -0.05) is 37.3 Å². The summed E-state index contributed by atoms with van der Waals surface area (Å²) in [6.07, 6.45) is -2.98. The van der Waals surface area contributed by atoms with E-state index in [9.17, 15) is 9.90 Å². The second-order valence-corrected chi connectivity index (χ2v) is 6.01. The Bertz CT molecular complexity index is 549. The van der Waals surface area contributed by atoms with E-state index >= 15 is 0 Å². The fourth-order valence-electron chi connectivity index (χ4n) is 3.22. The van der Waals surface area contributed by atoms with Crippen LogP contribution in [0.3, 0.4) is 0 Å². The fourth-order valence-corrected chi connectivity index (χ4v) is 3.22. The van der Waals surface area contributed by atoms with E-state index in [1.807, 2.05) is 37.3 Å². The summed E-state index contributed by atoms with van der Waals surface area (Å²) in [5.74, 6) is -1.25. The van der Waals surface area contributed by atoms with Crippen LogP contribution in [0.4, 0.5) is 0 Å². The number of hydrogen-bond donors (Lipinski definition) is 1. The summed E-state index contributed by atoms with van der Waals surface area (Å²) < 4.78 is 27.9. The Labute approximate surface area is 140 Å². The van der Waals surface area contributed by atoms with E-state index in [1.54, 1.807) is 0 Å². The number of hydrogen-bond acceptors (Lipinski definition) is 6. The van der Waals surface area contributed by atoms with E-state index < -0.39 is 30.6 Å². The Kier molecular flexibility index (Phi) is 5.47. The molecule has 0 amide bonds. The first-order chi connectivity index (χ1) is 11.6. The first-order valence-corrected chi connectivity index (χ1v) is 7.92. The summed E-state index contributed by atoms with van der Waals surface area (Å²) in [5, 5.41) is 9.42. The van der Waals surface area contributed by atoms with E-state index in [0.717, 1.165) is 5.56 Å². The van der Waals surface area contributed by atoms with Crippen LogP contribution in [-0.2, 0) is 28.5 Å². The lowest BCUT2D eigenvalue weighted by Gasteiger charge is -2.47. The molecule has 3 rings (SSSR count). The highest BCUT2D eigenvalue weighted by Crippen LogP contribution is 2.37. The minimum absolute atomic E-state index is 0.00184. The molecule has 0 aliphatic carbocycles. The smallest absolute Gasteiger partial charge is 0.335 e. The lowest BCUT2D eigenvalue weighted by atomic mass is 9.86. The van der Waals surface area contributed by atoms with Crippen molar-refractivity contribution in [1.29, 1.82) is 0 Å². The molecule has 2 heterocycles. The molecule has 0 spiro atoms. The highest BCUT2D eigenvalue weighted by atomic mass is 16.7. The number of methoxy groups -OCH3 is 1. The van der Waals surface area contributed by atoms with Crippen LogP contribution in [0.2, 0.25) is 0 Å². The van der Waals surface area contributed by atoms with Crippen molar-refractivity contribution in [2.24, 2.45) is 5.92 Å². The van der Waals surface area contributed by atoms with Crippen molar-refractivity contribution in [1.82, 2.24) is 0 Å². The first kappa shape index (κ1) is 17.3. The molecule has 0 bridgehead atoms. The molecule has 4 unspecified atom stereocenters. The monoisotopic (exact) mass is 338 g/mol. The molecule has 2 saturated heterocycles. The van der Waals surface area contributed by atoms with Crippen LogP contribution in [0.25, 0.3) is 0 Å². The predicted molar refractivity (Wildman–Crippen MR) is 82.2 cm³/mol. The zero-order valence-corrected chi connectivity index (χ0v) is 13.7. The normalized spacial score (nSPS) is 36.1. The van der Waals surface area contributed by atoms with Crippen molar-refractivity contribution in [3.05, 3.63) is 35.9 Å². The largest absolute Gasteiger partial charge is 0.479 e. The molecule has 1 N–H and O–H groups in total. The maximum absolute atomic E-state index is 11.5. The maximum atomic E-state index is 11.5. The van der Waals surface area contributed by atoms with Crippen LogP contribution in [0.1, 0.15) is 18.8 Å². The second-order valence-electron chi connectivity index (χ2n) is 6.01. The van der Waals surface area contributed by atoms with Gasteiger partial charge >= 0.3 is 5.97 Å². The summed E-state index contributed by atoms with van der Waals surface area (Å²) in [7, 11) is 1.49. The summed E-state index contributed by atoms with van der Waals surface area (Å²) >= 11 is 0. The van der Waals surface area contributed by atoms with Gasteiger partial charge in [0.25, 0.3) is 0 Å². The Hall–Kier alpha value is -1.51. The Morgan fingerprint density at radius 2 is 2.04 bits per heavy atom. The fraction of sp³-hybridized carbons (Fsp3) is 0.588. The number of rotatable bonds is 5. The van der Waals surface area contributed by atoms with Crippen molar-refractivity contribution in [3.63, 3.8) is 0 Å². The highest BCUT2D eigenvalue weighted by molar-refractivity contribution is 5.73. The topological polar surface area (TPSA) is 83.5 Å². The average molecular weight is 338 g/mol. The van der Waals surface area contributed by atoms with Gasteiger partial charge in [-0.3, -0.25) is 0 Å². The van der Waals surface area contributed by atoms with Gasteiger partial charge in [-0.2, -0.15) is 0 Å². The predicted octanol–water partition coefficient (Wildman–Crippen LogP) is 1.58. The molecular formula is C17H22O7. The van der Waals surface area contributed by atoms with Crippen LogP contribution in [-0.4, -0.2) is 56.0 Å². The molecule has 2 aliphatic rings. The standard InChI is InChI=1S/C17H22O7/c1-10-13-12(23-15(16(18)19)14(10)22-9-20-2)8-21-17(24-13)11-6-4-3-5-7-11/h3-7,10,12-15,17H,8-9H2,1-2H3,(H,18,19)/t10?,12?,13-,14?,15-,17?/m1/s1. The quantitative estimate of drug-likeness (QED) is 0.816. The Balaban J connectivity index is 1.76. The Morgan fingerprint density at radius 1 is 1.29 bits per heavy atom. The van der Waals surface area contributed by atoms with Crippen molar-refractivity contribution in [2.75, 3.05) is 20.5 Å². The molecule has 24 heavy (non-hydrogen) atoms. The van der Waals surface area contributed by atoms with E-state index in [-0.39, 0.29) is 25.4 Å². The third-order valence-electron chi connectivity index (χ3n) is 4.41. The van der Waals surface area contributed by atoms with Crippen LogP contribution in [0.5, 0.6) is 0 Å². The summed E-state index contributed by atoms with van der Waals surface area (Å²) in [6, 6.07) is 9.62. The minimum atomic E-state index is -1.07. The maximum Gasteiger partial charge on any atom is 0.335 e. The van der Waals surface area contributed by atoms with Crippen LogP contribution >= 0.6 is 0 Å². The van der Waals surface area contributed by atoms with Gasteiger partial charge < -0.3 is 28.8 Å². The number of carbonyl (C=O) groups is 1. The number of carboxylic acids is 1. The molecule has 2 aliphatic heterocycles. The molecule has 7 nitrogen and oxygen atoms in total. The molecule has 132 valence electrons. The number of fused-ring (bicyclic) bond motifs is 1. The SMILES string of the molecule is COCOC1C(C)[C@H]2OC(c3ccccc3)OCC2O[C@H]1C(=O)O. The van der Waals surface area contributed by atoms with Gasteiger partial charge in [-0.05, 0) is 0 Å². The van der Waals surface area contributed by atoms with Crippen LogP contribution in [0.15, 0.2) is 30.3 Å². The van der Waals surface area contributed by atoms with Gasteiger partial charge in [0.05, 0.1) is 12.7 Å². The minimum Gasteiger partial charge on any atom is -0.479 e. The number of carboxylic acid groups (broad SMARTS) is 1. The zero-order valence-electron chi connectivity index (χ0n) is 13.7. The van der Waals surface area contributed by atoms with E-state index in [2.05, 4.69) is 0 Å². The van der Waals surface area contributed by atoms with Gasteiger partial charge in [-0.15, -0.1) is 0 Å². The second kappa shape index (κ2) is 7.58. The van der Waals surface area contributed by atoms with Crippen molar-refractivity contribution < 1.29 is 33.6 Å². The van der Waals surface area contributed by atoms with E-state index in [0.29, 0.717) is 0 Å². The average Bonchev–Trinajstić information content (AvgIpc) is 2.61. The van der Waals surface area contributed by atoms with Crippen molar-refractivity contribution in [2.45, 2.75) is 37.6 Å². The van der Waals surface area contributed by atoms with Crippen LogP contribution < -0.4 is 0 Å². The van der Waals surface area contributed by atoms with E-state index in [1.165, 1.54) is 7.11 Å². The van der Waals surface area contributed by atoms with Gasteiger partial charge in [0.1, 0.15) is 19.0 Å². The van der Waals surface area contributed by atoms with E-state index in [4.69, 9.17) is 23.7 Å². The first-order valence-electron chi connectivity index (χ1n) is 7.92. The molecule has 7 heteroatoms. The van der Waals surface area contributed by atoms with Crippen molar-refractivity contribution in [3.8, 4) is 0 Å². The molecule has 1 aromatic carbocycles. The third kappa shape index (κ3) is 3.45. The lowest BCUT2D eigenvalue weighted by molar-refractivity contribution is -0.322. The Morgan fingerprint density at radius 3 is 2.71 bits per heavy atom. The molecule has 0 aromatic heterocycles. The lowest BCUT2D eigenvalue weighted by Crippen LogP contribution is -2.60. The summed E-state index contributed by atoms with van der Waals surface area (Å²) in [4.78, 5) is 11.5. The van der Waals surface area contributed by atoms with Crippen molar-refractivity contribution >= 4 is 5.97 Å². The van der Waals surface area contributed by atoms with Gasteiger partial charge in [0, 0.05) is 18.6 Å². The number of ether oxygens (including phenoxy) is 5. The molecule has 1 aromatic rings. The molecule has 2 fully saturated rings. The van der Waals surface area contributed by atoms with Crippen LogP contribution in [0, 0.1) is 5.92 Å². The number of aliphatic carboxylic acids is 1. The van der Waals surface area contributed by atoms with Gasteiger partial charge in [0.15, 0.2) is 12.4 Å². The molecular weight excluding hydrogens is 316 g/mol. The summed E-state index contributed by atoms with van der Waals surface area (Å²) in [6.45, 7) is 2.18. The summed E-state index contributed by atoms with van der Waals surface area (Å²) in [5.41, 5.74) is 0.915. The molecule has 0 saturated carbocycles. The van der Waals surface area contributed by atoms with Gasteiger partial charge in [-0.25, -0.2) is 4.79 Å². The van der Waals surface area contributed by atoms with Gasteiger partial charge in [0.2, 0.25) is 0 Å². The zero-order chi connectivity index (χ0) is 17.1. The highest BCUT2D eigenvalue weighted by Gasteiger charge is 2.50.